The van der Waals surface area contributed by atoms with Crippen LogP contribution in [0.1, 0.15) is 84.5 Å². The molecule has 0 aliphatic heterocycles. The summed E-state index contributed by atoms with van der Waals surface area (Å²) in [7, 11) is 0. The molecule has 4 heteroatoms. The maximum Gasteiger partial charge on any atom is 0.310 e. The zero-order valence-electron chi connectivity index (χ0n) is 16.0. The molecule has 2 aliphatic carbocycles. The topological polar surface area (TPSA) is 63.6 Å². The van der Waals surface area contributed by atoms with Gasteiger partial charge in [-0.25, -0.2) is 0 Å². The molecule has 0 aromatic rings. The fraction of sp³-hybridized carbons (Fsp3) is 0.905. The Hall–Kier alpha value is -1.06. The largest absolute Gasteiger partial charge is 0.481 e. The van der Waals surface area contributed by atoms with E-state index in [-0.39, 0.29) is 17.8 Å². The second-order valence-electron chi connectivity index (χ2n) is 8.54. The van der Waals surface area contributed by atoms with Crippen LogP contribution >= 0.6 is 0 Å². The molecule has 4 nitrogen and oxygen atoms in total. The second kappa shape index (κ2) is 10.2. The molecule has 0 spiro atoms. The van der Waals surface area contributed by atoms with E-state index >= 15 is 0 Å². The van der Waals surface area contributed by atoms with Gasteiger partial charge in [-0.1, -0.05) is 52.4 Å². The summed E-state index contributed by atoms with van der Waals surface area (Å²) < 4.78 is 5.59. The van der Waals surface area contributed by atoms with Crippen molar-refractivity contribution in [2.75, 3.05) is 6.61 Å². The fourth-order valence-corrected chi connectivity index (χ4v) is 4.76. The molecule has 0 amide bonds. The van der Waals surface area contributed by atoms with Crippen molar-refractivity contribution in [1.82, 2.24) is 0 Å². The summed E-state index contributed by atoms with van der Waals surface area (Å²) in [6, 6.07) is 0. The summed E-state index contributed by atoms with van der Waals surface area (Å²) in [5.41, 5.74) is 0. The minimum atomic E-state index is -0.789. The lowest BCUT2D eigenvalue weighted by molar-refractivity contribution is -0.164. The first-order valence-electron chi connectivity index (χ1n) is 10.4. The van der Waals surface area contributed by atoms with E-state index in [0.29, 0.717) is 12.5 Å². The van der Waals surface area contributed by atoms with Gasteiger partial charge in [0.2, 0.25) is 0 Å². The highest BCUT2D eigenvalue weighted by atomic mass is 16.5. The molecule has 2 rings (SSSR count). The molecule has 144 valence electrons. The molecule has 2 fully saturated rings. The number of carbonyl (C=O) groups excluding carboxylic acids is 1. The lowest BCUT2D eigenvalue weighted by Crippen LogP contribution is -2.42. The summed E-state index contributed by atoms with van der Waals surface area (Å²) in [6.07, 6.45) is 11.5. The van der Waals surface area contributed by atoms with Crippen molar-refractivity contribution in [3.05, 3.63) is 0 Å². The molecule has 2 saturated carbocycles. The van der Waals surface area contributed by atoms with Crippen LogP contribution in [-0.2, 0) is 14.3 Å². The smallest absolute Gasteiger partial charge is 0.310 e. The van der Waals surface area contributed by atoms with Crippen molar-refractivity contribution in [3.63, 3.8) is 0 Å². The van der Waals surface area contributed by atoms with Crippen LogP contribution in [0.15, 0.2) is 0 Å². The van der Waals surface area contributed by atoms with Gasteiger partial charge in [0.05, 0.1) is 18.4 Å². The molecule has 0 aromatic carbocycles. The first kappa shape index (κ1) is 20.3. The highest BCUT2D eigenvalue weighted by molar-refractivity contribution is 5.81. The third-order valence-electron chi connectivity index (χ3n) is 6.20. The first-order chi connectivity index (χ1) is 12.0. The normalized spacial score (nSPS) is 22.5. The zero-order chi connectivity index (χ0) is 18.2. The van der Waals surface area contributed by atoms with Crippen molar-refractivity contribution in [1.29, 1.82) is 0 Å². The number of carboxylic acids is 1. The van der Waals surface area contributed by atoms with Crippen LogP contribution in [0.2, 0.25) is 0 Å². The van der Waals surface area contributed by atoms with Crippen LogP contribution < -0.4 is 0 Å². The van der Waals surface area contributed by atoms with Gasteiger partial charge >= 0.3 is 11.9 Å². The molecular formula is C21H36O4. The van der Waals surface area contributed by atoms with Crippen LogP contribution in [0, 0.1) is 29.6 Å². The number of aliphatic carboxylic acids is 1. The van der Waals surface area contributed by atoms with Gasteiger partial charge < -0.3 is 9.84 Å². The van der Waals surface area contributed by atoms with E-state index in [1.165, 1.54) is 12.8 Å². The Morgan fingerprint density at radius 3 is 1.80 bits per heavy atom. The molecule has 1 N–H and O–H groups in total. The lowest BCUT2D eigenvalue weighted by atomic mass is 9.67. The van der Waals surface area contributed by atoms with Gasteiger partial charge in [0, 0.05) is 0 Å². The Morgan fingerprint density at radius 1 is 0.880 bits per heavy atom. The molecule has 0 aromatic heterocycles. The number of carbonyl (C=O) groups is 2. The predicted octanol–water partition coefficient (Wildman–Crippen LogP) is 5.05. The molecule has 0 heterocycles. The van der Waals surface area contributed by atoms with E-state index in [2.05, 4.69) is 13.8 Å². The van der Waals surface area contributed by atoms with Crippen molar-refractivity contribution < 1.29 is 19.4 Å². The van der Waals surface area contributed by atoms with E-state index in [1.54, 1.807) is 0 Å². The van der Waals surface area contributed by atoms with Gasteiger partial charge in [0.25, 0.3) is 0 Å². The van der Waals surface area contributed by atoms with E-state index in [0.717, 1.165) is 57.8 Å². The maximum absolute atomic E-state index is 12.9. The monoisotopic (exact) mass is 352 g/mol. The van der Waals surface area contributed by atoms with Gasteiger partial charge in [0.1, 0.15) is 0 Å². The molecule has 2 atom stereocenters. The average Bonchev–Trinajstić information content (AvgIpc) is 2.60. The molecule has 0 bridgehead atoms. The SMILES string of the molecule is CC(C)CCOC(=O)[C@H](C1CCCCC1)[C@@H](C(=O)O)C1CCCCC1. The van der Waals surface area contributed by atoms with Crippen molar-refractivity contribution in [2.45, 2.75) is 84.5 Å². The van der Waals surface area contributed by atoms with E-state index in [1.807, 2.05) is 0 Å². The highest BCUT2D eigenvalue weighted by Gasteiger charge is 2.44. The van der Waals surface area contributed by atoms with Gasteiger partial charge in [-0.15, -0.1) is 0 Å². The predicted molar refractivity (Wildman–Crippen MR) is 98.2 cm³/mol. The summed E-state index contributed by atoms with van der Waals surface area (Å²) in [5, 5.41) is 9.98. The van der Waals surface area contributed by atoms with Crippen LogP contribution in [0.5, 0.6) is 0 Å². The Bertz CT molecular complexity index is 420. The highest BCUT2D eigenvalue weighted by Crippen LogP contribution is 2.42. The average molecular weight is 353 g/mol. The number of ether oxygens (including phenoxy) is 1. The number of esters is 1. The van der Waals surface area contributed by atoms with Gasteiger partial charge in [-0.05, 0) is 49.9 Å². The Labute approximate surface area is 152 Å². The second-order valence-corrected chi connectivity index (χ2v) is 8.54. The molecule has 0 saturated heterocycles. The zero-order valence-corrected chi connectivity index (χ0v) is 16.0. The molecule has 0 unspecified atom stereocenters. The Morgan fingerprint density at radius 2 is 1.36 bits per heavy atom. The third-order valence-corrected chi connectivity index (χ3v) is 6.20. The minimum absolute atomic E-state index is 0.135. The van der Waals surface area contributed by atoms with E-state index in [4.69, 9.17) is 4.74 Å². The van der Waals surface area contributed by atoms with Crippen LogP contribution in [-0.4, -0.2) is 23.7 Å². The summed E-state index contributed by atoms with van der Waals surface area (Å²) in [6.45, 7) is 4.62. The van der Waals surface area contributed by atoms with Gasteiger partial charge in [-0.2, -0.15) is 0 Å². The molecule has 25 heavy (non-hydrogen) atoms. The van der Waals surface area contributed by atoms with Crippen molar-refractivity contribution >= 4 is 11.9 Å². The Kier molecular flexibility index (Phi) is 8.25. The standard InChI is InChI=1S/C21H36O4/c1-15(2)13-14-25-21(24)19(17-11-7-4-8-12-17)18(20(22)23)16-9-5-3-6-10-16/h15-19H,3-14H2,1-2H3,(H,22,23)/t18-,19+/m0/s1. The van der Waals surface area contributed by atoms with Gasteiger partial charge in [-0.3, -0.25) is 9.59 Å². The number of rotatable bonds is 8. The van der Waals surface area contributed by atoms with Crippen LogP contribution in [0.4, 0.5) is 0 Å². The summed E-state index contributed by atoms with van der Waals surface area (Å²) in [5.74, 6) is -1.24. The van der Waals surface area contributed by atoms with Gasteiger partial charge in [0.15, 0.2) is 0 Å². The summed E-state index contributed by atoms with van der Waals surface area (Å²) >= 11 is 0. The molecular weight excluding hydrogens is 316 g/mol. The van der Waals surface area contributed by atoms with E-state index in [9.17, 15) is 14.7 Å². The fourth-order valence-electron chi connectivity index (χ4n) is 4.76. The molecule has 2 aliphatic rings. The maximum atomic E-state index is 12.9. The van der Waals surface area contributed by atoms with E-state index < -0.39 is 17.8 Å². The third kappa shape index (κ3) is 6.00. The minimum Gasteiger partial charge on any atom is -0.481 e. The number of hydrogen-bond acceptors (Lipinski definition) is 3. The van der Waals surface area contributed by atoms with Crippen LogP contribution in [0.3, 0.4) is 0 Å². The van der Waals surface area contributed by atoms with Crippen molar-refractivity contribution in [2.24, 2.45) is 29.6 Å². The quantitative estimate of drug-likeness (QED) is 0.621. The Balaban J connectivity index is 2.14. The first-order valence-corrected chi connectivity index (χ1v) is 10.4. The number of carboxylic acid groups (broad SMARTS) is 1. The summed E-state index contributed by atoms with van der Waals surface area (Å²) in [4.78, 5) is 25.1. The number of hydrogen-bond donors (Lipinski definition) is 1. The lowest BCUT2D eigenvalue weighted by Gasteiger charge is -2.37. The molecule has 0 radical (unpaired) electrons. The van der Waals surface area contributed by atoms with Crippen molar-refractivity contribution in [3.8, 4) is 0 Å². The van der Waals surface area contributed by atoms with Crippen LogP contribution in [0.25, 0.3) is 0 Å².